The van der Waals surface area contributed by atoms with Gasteiger partial charge in [0.1, 0.15) is 6.54 Å². The highest BCUT2D eigenvalue weighted by molar-refractivity contribution is 6.30. The largest absolute Gasteiger partial charge is 0.324 e. The molecule has 0 aliphatic carbocycles. The highest BCUT2D eigenvalue weighted by atomic mass is 35.5. The first-order valence-corrected chi connectivity index (χ1v) is 8.94. The minimum absolute atomic E-state index is 0.00878. The second kappa shape index (κ2) is 8.58. The fourth-order valence-electron chi connectivity index (χ4n) is 2.52. The lowest BCUT2D eigenvalue weighted by molar-refractivity contribution is -0.117. The number of carbonyl (C=O) groups is 1. The topological polar surface area (TPSA) is 72.7 Å². The fourth-order valence-corrected chi connectivity index (χ4v) is 2.71. The molecule has 0 atom stereocenters. The number of nitrogens with zero attached hydrogens (tertiary/aromatic N) is 4. The lowest BCUT2D eigenvalue weighted by atomic mass is 10.1. The van der Waals surface area contributed by atoms with Crippen LogP contribution < -0.4 is 5.32 Å². The quantitative estimate of drug-likeness (QED) is 0.683. The Bertz CT molecular complexity index is 876. The van der Waals surface area contributed by atoms with Crippen LogP contribution in [0.1, 0.15) is 25.3 Å². The van der Waals surface area contributed by atoms with Crippen LogP contribution in [0.3, 0.4) is 0 Å². The Morgan fingerprint density at radius 2 is 2.00 bits per heavy atom. The average Bonchev–Trinajstić information content (AvgIpc) is 3.09. The molecule has 0 unspecified atom stereocenters. The molecule has 26 heavy (non-hydrogen) atoms. The van der Waals surface area contributed by atoms with Crippen molar-refractivity contribution in [2.75, 3.05) is 5.32 Å². The van der Waals surface area contributed by atoms with E-state index in [2.05, 4.69) is 27.7 Å². The number of aromatic nitrogens is 4. The molecule has 0 aliphatic rings. The molecule has 7 heteroatoms. The number of aryl methyl sites for hydroxylation is 1. The van der Waals surface area contributed by atoms with E-state index in [9.17, 15) is 4.79 Å². The number of amides is 1. The Kier molecular flexibility index (Phi) is 5.96. The van der Waals surface area contributed by atoms with Gasteiger partial charge in [0.05, 0.1) is 0 Å². The summed E-state index contributed by atoms with van der Waals surface area (Å²) >= 11 is 5.97. The van der Waals surface area contributed by atoms with E-state index in [1.165, 1.54) is 23.2 Å². The van der Waals surface area contributed by atoms with Crippen LogP contribution in [-0.2, 0) is 17.8 Å². The van der Waals surface area contributed by atoms with Crippen LogP contribution in [0.15, 0.2) is 48.5 Å². The van der Waals surface area contributed by atoms with Gasteiger partial charge in [0, 0.05) is 16.3 Å². The zero-order chi connectivity index (χ0) is 18.4. The number of carbonyl (C=O) groups excluding carboxylic acids is 1. The molecule has 1 N–H and O–H groups in total. The summed E-state index contributed by atoms with van der Waals surface area (Å²) in [5.74, 6) is 0.224. The average molecular weight is 370 g/mol. The monoisotopic (exact) mass is 369 g/mol. The standard InChI is InChI=1S/C19H20ClN5O/c1-2-3-5-14-8-10-17(11-9-14)21-18(26)13-25-23-19(22-24-25)15-6-4-7-16(20)12-15/h4,6-12H,2-3,5,13H2,1H3,(H,21,26). The van der Waals surface area contributed by atoms with Gasteiger partial charge in [0.15, 0.2) is 0 Å². The maximum atomic E-state index is 12.2. The van der Waals surface area contributed by atoms with Gasteiger partial charge in [-0.25, -0.2) is 0 Å². The maximum absolute atomic E-state index is 12.2. The van der Waals surface area contributed by atoms with Gasteiger partial charge in [-0.15, -0.1) is 10.2 Å². The molecule has 0 aliphatic heterocycles. The molecule has 134 valence electrons. The molecule has 0 saturated heterocycles. The molecule has 1 heterocycles. The number of rotatable bonds is 7. The van der Waals surface area contributed by atoms with Gasteiger partial charge in [0.25, 0.3) is 0 Å². The molecule has 0 spiro atoms. The second-order valence-corrected chi connectivity index (χ2v) is 6.44. The molecule has 1 amide bonds. The van der Waals surface area contributed by atoms with Crippen LogP contribution in [0.25, 0.3) is 11.4 Å². The third kappa shape index (κ3) is 4.89. The van der Waals surface area contributed by atoms with Gasteiger partial charge in [-0.2, -0.15) is 4.80 Å². The smallest absolute Gasteiger partial charge is 0.248 e. The predicted octanol–water partition coefficient (Wildman–Crippen LogP) is 3.97. The molecular weight excluding hydrogens is 350 g/mol. The highest BCUT2D eigenvalue weighted by Gasteiger charge is 2.10. The highest BCUT2D eigenvalue weighted by Crippen LogP contribution is 2.18. The molecule has 3 aromatic rings. The molecule has 0 bridgehead atoms. The summed E-state index contributed by atoms with van der Waals surface area (Å²) < 4.78 is 0. The maximum Gasteiger partial charge on any atom is 0.248 e. The summed E-state index contributed by atoms with van der Waals surface area (Å²) in [7, 11) is 0. The van der Waals surface area contributed by atoms with Gasteiger partial charge in [-0.1, -0.05) is 49.2 Å². The second-order valence-electron chi connectivity index (χ2n) is 6.00. The van der Waals surface area contributed by atoms with Gasteiger partial charge >= 0.3 is 0 Å². The van der Waals surface area contributed by atoms with Crippen molar-refractivity contribution in [2.45, 2.75) is 32.7 Å². The summed E-state index contributed by atoms with van der Waals surface area (Å²) in [6, 6.07) is 15.1. The van der Waals surface area contributed by atoms with E-state index in [4.69, 9.17) is 11.6 Å². The van der Waals surface area contributed by atoms with E-state index < -0.39 is 0 Å². The van der Waals surface area contributed by atoms with Crippen LogP contribution >= 0.6 is 11.6 Å². The Hall–Kier alpha value is -2.73. The molecule has 0 fully saturated rings. The summed E-state index contributed by atoms with van der Waals surface area (Å²) in [4.78, 5) is 13.4. The lowest BCUT2D eigenvalue weighted by Gasteiger charge is -2.06. The van der Waals surface area contributed by atoms with E-state index in [1.807, 2.05) is 36.4 Å². The first kappa shape index (κ1) is 18.1. The van der Waals surface area contributed by atoms with Crippen molar-refractivity contribution in [1.29, 1.82) is 0 Å². The molecule has 3 rings (SSSR count). The van der Waals surface area contributed by atoms with Gasteiger partial charge < -0.3 is 5.32 Å². The third-order valence-corrected chi connectivity index (χ3v) is 4.11. The molecule has 2 aromatic carbocycles. The summed E-state index contributed by atoms with van der Waals surface area (Å²) in [5, 5.41) is 15.6. The van der Waals surface area contributed by atoms with Crippen molar-refractivity contribution in [3.05, 3.63) is 59.1 Å². The van der Waals surface area contributed by atoms with E-state index in [-0.39, 0.29) is 12.5 Å². The number of anilines is 1. The van der Waals surface area contributed by atoms with Crippen molar-refractivity contribution >= 4 is 23.2 Å². The van der Waals surface area contributed by atoms with Crippen molar-refractivity contribution in [3.63, 3.8) is 0 Å². The molecule has 1 aromatic heterocycles. The van der Waals surface area contributed by atoms with E-state index in [0.717, 1.165) is 17.7 Å². The predicted molar refractivity (Wildman–Crippen MR) is 102 cm³/mol. The van der Waals surface area contributed by atoms with E-state index in [0.29, 0.717) is 10.8 Å². The van der Waals surface area contributed by atoms with Crippen LogP contribution in [0.4, 0.5) is 5.69 Å². The zero-order valence-corrected chi connectivity index (χ0v) is 15.3. The Labute approximate surface area is 157 Å². The van der Waals surface area contributed by atoms with Gasteiger partial charge in [0.2, 0.25) is 11.7 Å². The Morgan fingerprint density at radius 1 is 1.19 bits per heavy atom. The zero-order valence-electron chi connectivity index (χ0n) is 14.5. The first-order chi connectivity index (χ1) is 12.6. The van der Waals surface area contributed by atoms with Gasteiger partial charge in [-0.3, -0.25) is 4.79 Å². The van der Waals surface area contributed by atoms with Gasteiger partial charge in [-0.05, 0) is 47.9 Å². The minimum Gasteiger partial charge on any atom is -0.324 e. The normalized spacial score (nSPS) is 10.7. The number of hydrogen-bond acceptors (Lipinski definition) is 4. The Morgan fingerprint density at radius 3 is 2.73 bits per heavy atom. The number of nitrogens with one attached hydrogen (secondary N) is 1. The number of benzene rings is 2. The first-order valence-electron chi connectivity index (χ1n) is 8.56. The van der Waals surface area contributed by atoms with Crippen LogP contribution in [-0.4, -0.2) is 26.1 Å². The van der Waals surface area contributed by atoms with Crippen LogP contribution in [0, 0.1) is 0 Å². The SMILES string of the molecule is CCCCc1ccc(NC(=O)Cn2nnc(-c3cccc(Cl)c3)n2)cc1. The van der Waals surface area contributed by atoms with Crippen LogP contribution in [0.2, 0.25) is 5.02 Å². The number of halogens is 1. The van der Waals surface area contributed by atoms with E-state index in [1.54, 1.807) is 12.1 Å². The molecule has 6 nitrogen and oxygen atoms in total. The van der Waals surface area contributed by atoms with Crippen molar-refractivity contribution in [2.24, 2.45) is 0 Å². The summed E-state index contributed by atoms with van der Waals surface area (Å²) in [6.07, 6.45) is 3.39. The number of unbranched alkanes of at least 4 members (excludes halogenated alkanes) is 1. The fraction of sp³-hybridized carbons (Fsp3) is 0.263. The molecule has 0 saturated carbocycles. The third-order valence-electron chi connectivity index (χ3n) is 3.88. The van der Waals surface area contributed by atoms with Crippen molar-refractivity contribution in [3.8, 4) is 11.4 Å². The molecular formula is C19H20ClN5O. The summed E-state index contributed by atoms with van der Waals surface area (Å²) in [6.45, 7) is 2.16. The van der Waals surface area contributed by atoms with E-state index >= 15 is 0 Å². The summed E-state index contributed by atoms with van der Waals surface area (Å²) in [5.41, 5.74) is 2.78. The number of tetrazole rings is 1. The number of hydrogen-bond donors (Lipinski definition) is 1. The van der Waals surface area contributed by atoms with Crippen LogP contribution in [0.5, 0.6) is 0 Å². The molecule has 0 radical (unpaired) electrons. The lowest BCUT2D eigenvalue weighted by Crippen LogP contribution is -2.20. The van der Waals surface area contributed by atoms with Crippen molar-refractivity contribution in [1.82, 2.24) is 20.2 Å². The Balaban J connectivity index is 1.58. The van der Waals surface area contributed by atoms with Crippen molar-refractivity contribution < 1.29 is 4.79 Å². The minimum atomic E-state index is -0.207.